The SMILES string of the molecule is Cc1cnc(Nc2ccc3ncccc3c2)nc1NCCOc1ccccc1. The topological polar surface area (TPSA) is 72.0 Å². The highest BCUT2D eigenvalue weighted by atomic mass is 16.5. The second-order valence-corrected chi connectivity index (χ2v) is 6.35. The number of hydrogen-bond acceptors (Lipinski definition) is 6. The van der Waals surface area contributed by atoms with Crippen molar-refractivity contribution >= 4 is 28.4 Å². The van der Waals surface area contributed by atoms with Crippen LogP contribution in [0.15, 0.2) is 73.1 Å². The number of nitrogens with one attached hydrogen (secondary N) is 2. The Kier molecular flexibility index (Phi) is 5.29. The fraction of sp³-hybridized carbons (Fsp3) is 0.136. The molecule has 0 atom stereocenters. The quantitative estimate of drug-likeness (QED) is 0.464. The van der Waals surface area contributed by atoms with Crippen LogP contribution in [0.1, 0.15) is 5.56 Å². The molecule has 0 unspecified atom stereocenters. The summed E-state index contributed by atoms with van der Waals surface area (Å²) in [6.07, 6.45) is 3.59. The van der Waals surface area contributed by atoms with Crippen molar-refractivity contribution in [3.63, 3.8) is 0 Å². The summed E-state index contributed by atoms with van der Waals surface area (Å²) in [5.41, 5.74) is 2.86. The number of rotatable bonds is 7. The molecule has 0 saturated heterocycles. The van der Waals surface area contributed by atoms with Crippen LogP contribution >= 0.6 is 0 Å². The van der Waals surface area contributed by atoms with Crippen molar-refractivity contribution < 1.29 is 4.74 Å². The van der Waals surface area contributed by atoms with Crippen LogP contribution in [0.5, 0.6) is 5.75 Å². The zero-order valence-corrected chi connectivity index (χ0v) is 15.6. The first-order valence-electron chi connectivity index (χ1n) is 9.15. The van der Waals surface area contributed by atoms with Gasteiger partial charge in [0.15, 0.2) is 0 Å². The van der Waals surface area contributed by atoms with E-state index < -0.39 is 0 Å². The number of aryl methyl sites for hydroxylation is 1. The van der Waals surface area contributed by atoms with Crippen LogP contribution in [0.25, 0.3) is 10.9 Å². The minimum Gasteiger partial charge on any atom is -0.492 e. The molecule has 0 amide bonds. The molecule has 6 nitrogen and oxygen atoms in total. The molecular weight excluding hydrogens is 350 g/mol. The normalized spacial score (nSPS) is 10.6. The Morgan fingerprint density at radius 1 is 0.964 bits per heavy atom. The molecule has 0 aliphatic carbocycles. The zero-order chi connectivity index (χ0) is 19.2. The number of fused-ring (bicyclic) bond motifs is 1. The van der Waals surface area contributed by atoms with Gasteiger partial charge in [0.2, 0.25) is 5.95 Å². The molecule has 2 heterocycles. The van der Waals surface area contributed by atoms with Gasteiger partial charge in [-0.3, -0.25) is 4.98 Å². The van der Waals surface area contributed by atoms with Crippen molar-refractivity contribution in [2.75, 3.05) is 23.8 Å². The fourth-order valence-electron chi connectivity index (χ4n) is 2.82. The van der Waals surface area contributed by atoms with Gasteiger partial charge in [-0.15, -0.1) is 0 Å². The number of benzene rings is 2. The van der Waals surface area contributed by atoms with Gasteiger partial charge < -0.3 is 15.4 Å². The van der Waals surface area contributed by atoms with Crippen LogP contribution in [0.4, 0.5) is 17.5 Å². The van der Waals surface area contributed by atoms with Crippen LogP contribution in [-0.4, -0.2) is 28.1 Å². The zero-order valence-electron chi connectivity index (χ0n) is 15.6. The van der Waals surface area contributed by atoms with Crippen LogP contribution < -0.4 is 15.4 Å². The molecular formula is C22H21N5O. The summed E-state index contributed by atoms with van der Waals surface area (Å²) < 4.78 is 5.71. The van der Waals surface area contributed by atoms with Crippen molar-refractivity contribution in [1.82, 2.24) is 15.0 Å². The number of hydrogen-bond donors (Lipinski definition) is 2. The monoisotopic (exact) mass is 371 g/mol. The lowest BCUT2D eigenvalue weighted by Gasteiger charge is -2.12. The molecule has 0 aliphatic heterocycles. The van der Waals surface area contributed by atoms with Crippen molar-refractivity contribution in [3.05, 3.63) is 78.6 Å². The first-order chi connectivity index (χ1) is 13.8. The van der Waals surface area contributed by atoms with Gasteiger partial charge in [-0.1, -0.05) is 24.3 Å². The number of para-hydroxylation sites is 1. The number of anilines is 3. The van der Waals surface area contributed by atoms with E-state index in [4.69, 9.17) is 4.74 Å². The molecule has 2 aromatic heterocycles. The van der Waals surface area contributed by atoms with E-state index in [9.17, 15) is 0 Å². The van der Waals surface area contributed by atoms with Crippen LogP contribution in [0.3, 0.4) is 0 Å². The maximum Gasteiger partial charge on any atom is 0.229 e. The molecule has 0 saturated carbocycles. The molecule has 4 aromatic rings. The van der Waals surface area contributed by atoms with Crippen LogP contribution in [-0.2, 0) is 0 Å². The van der Waals surface area contributed by atoms with E-state index in [1.54, 1.807) is 12.4 Å². The second kappa shape index (κ2) is 8.35. The molecule has 4 rings (SSSR count). The van der Waals surface area contributed by atoms with Crippen molar-refractivity contribution in [2.45, 2.75) is 6.92 Å². The van der Waals surface area contributed by atoms with Crippen molar-refractivity contribution in [3.8, 4) is 5.75 Å². The third kappa shape index (κ3) is 4.35. The van der Waals surface area contributed by atoms with Gasteiger partial charge in [-0.05, 0) is 43.3 Å². The van der Waals surface area contributed by atoms with E-state index in [2.05, 4.69) is 25.6 Å². The average molecular weight is 371 g/mol. The maximum absolute atomic E-state index is 5.71. The van der Waals surface area contributed by atoms with Crippen molar-refractivity contribution in [1.29, 1.82) is 0 Å². The molecule has 0 bridgehead atoms. The predicted molar refractivity (Wildman–Crippen MR) is 112 cm³/mol. The predicted octanol–water partition coefficient (Wildman–Crippen LogP) is 4.57. The summed E-state index contributed by atoms with van der Waals surface area (Å²) in [7, 11) is 0. The molecule has 140 valence electrons. The highest BCUT2D eigenvalue weighted by Crippen LogP contribution is 2.21. The standard InChI is InChI=1S/C22H21N5O/c1-16-15-25-22(26-18-9-10-20-17(14-18)6-5-11-23-20)27-21(16)24-12-13-28-19-7-3-2-4-8-19/h2-11,14-15H,12-13H2,1H3,(H2,24,25,26,27). The average Bonchev–Trinajstić information content (AvgIpc) is 2.74. The van der Waals surface area contributed by atoms with Gasteiger partial charge in [0, 0.05) is 29.0 Å². The number of ether oxygens (including phenoxy) is 1. The number of nitrogens with zero attached hydrogens (tertiary/aromatic N) is 3. The summed E-state index contributed by atoms with van der Waals surface area (Å²) in [6, 6.07) is 19.7. The summed E-state index contributed by atoms with van der Waals surface area (Å²) in [5.74, 6) is 2.19. The van der Waals surface area contributed by atoms with Gasteiger partial charge in [0.1, 0.15) is 18.2 Å². The lowest BCUT2D eigenvalue weighted by Crippen LogP contribution is -2.14. The largest absolute Gasteiger partial charge is 0.492 e. The molecule has 0 aliphatic rings. The molecule has 2 N–H and O–H groups in total. The molecule has 6 heteroatoms. The number of aromatic nitrogens is 3. The summed E-state index contributed by atoms with van der Waals surface area (Å²) in [4.78, 5) is 13.3. The van der Waals surface area contributed by atoms with E-state index in [1.165, 1.54) is 0 Å². The van der Waals surface area contributed by atoms with Crippen LogP contribution in [0.2, 0.25) is 0 Å². The van der Waals surface area contributed by atoms with E-state index in [0.717, 1.165) is 33.7 Å². The molecule has 28 heavy (non-hydrogen) atoms. The summed E-state index contributed by atoms with van der Waals surface area (Å²) in [5, 5.41) is 7.64. The van der Waals surface area contributed by atoms with Gasteiger partial charge >= 0.3 is 0 Å². The lowest BCUT2D eigenvalue weighted by atomic mass is 10.2. The van der Waals surface area contributed by atoms with Crippen LogP contribution in [0, 0.1) is 6.92 Å². The van der Waals surface area contributed by atoms with Gasteiger partial charge in [0.25, 0.3) is 0 Å². The molecule has 0 spiro atoms. The van der Waals surface area contributed by atoms with E-state index in [-0.39, 0.29) is 0 Å². The highest BCUT2D eigenvalue weighted by molar-refractivity contribution is 5.82. The van der Waals surface area contributed by atoms with Gasteiger partial charge in [-0.25, -0.2) is 4.98 Å². The number of pyridine rings is 1. The van der Waals surface area contributed by atoms with Gasteiger partial charge in [0.05, 0.1) is 12.1 Å². The first kappa shape index (κ1) is 17.7. The molecule has 2 aromatic carbocycles. The summed E-state index contributed by atoms with van der Waals surface area (Å²) in [6.45, 7) is 3.17. The Morgan fingerprint density at radius 2 is 1.86 bits per heavy atom. The van der Waals surface area contributed by atoms with E-state index >= 15 is 0 Å². The minimum atomic E-state index is 0.542. The van der Waals surface area contributed by atoms with Crippen molar-refractivity contribution in [2.24, 2.45) is 0 Å². The first-order valence-corrected chi connectivity index (χ1v) is 9.15. The Hall–Kier alpha value is -3.67. The Morgan fingerprint density at radius 3 is 2.75 bits per heavy atom. The minimum absolute atomic E-state index is 0.542. The molecule has 0 radical (unpaired) electrons. The lowest BCUT2D eigenvalue weighted by molar-refractivity contribution is 0.332. The Labute approximate surface area is 163 Å². The fourth-order valence-corrected chi connectivity index (χ4v) is 2.82. The van der Waals surface area contributed by atoms with Gasteiger partial charge in [-0.2, -0.15) is 4.98 Å². The Balaban J connectivity index is 1.39. The third-order valence-electron chi connectivity index (χ3n) is 4.24. The third-order valence-corrected chi connectivity index (χ3v) is 4.24. The smallest absolute Gasteiger partial charge is 0.229 e. The molecule has 0 fully saturated rings. The van der Waals surface area contributed by atoms with E-state index in [1.807, 2.05) is 67.6 Å². The summed E-state index contributed by atoms with van der Waals surface area (Å²) >= 11 is 0. The second-order valence-electron chi connectivity index (χ2n) is 6.35. The van der Waals surface area contributed by atoms with E-state index in [0.29, 0.717) is 19.1 Å². The highest BCUT2D eigenvalue weighted by Gasteiger charge is 2.05. The Bertz CT molecular complexity index is 1070. The maximum atomic E-state index is 5.71.